The highest BCUT2D eigenvalue weighted by atomic mass is 32.2. The lowest BCUT2D eigenvalue weighted by Gasteiger charge is -2.29. The van der Waals surface area contributed by atoms with E-state index in [-0.39, 0.29) is 23.9 Å². The summed E-state index contributed by atoms with van der Waals surface area (Å²) in [6.45, 7) is 11.8. The molecule has 8 rings (SSSR count). The van der Waals surface area contributed by atoms with Gasteiger partial charge in [0, 0.05) is 22.9 Å². The van der Waals surface area contributed by atoms with E-state index < -0.39 is 35.5 Å². The lowest BCUT2D eigenvalue weighted by molar-refractivity contribution is -0.135. The number of amides is 4. The largest absolute Gasteiger partial charge is 0.444 e. The number of aromatic nitrogens is 4. The average molecular weight is 923 g/mol. The average Bonchev–Trinajstić information content (AvgIpc) is 4.15. The predicted octanol–water partition coefficient (Wildman–Crippen LogP) is 10.5. The van der Waals surface area contributed by atoms with Crippen LogP contribution in [0.5, 0.6) is 0 Å². The summed E-state index contributed by atoms with van der Waals surface area (Å²) in [5.74, 6) is 0.974. The molecule has 0 aliphatic carbocycles. The standard InChI is InChI=1S/C52H58N8O6S/c1-51(2,3)65-49(63)57-43(35-15-9-7-10-16-35)47(61)59-29-13-19-41(59)45-53-31-39(55-45)33-21-25-37(26-22-33)67-38-27-23-34(24-28-38)40-32-54-46(56-40)42-20-14-30-60(42)48(62)44(36-17-11-8-12-18-36)58-50(64)66-52(4,5)6/h7-12,15-18,21-28,31-32,41-44H,13-14,19-20,29-30H2,1-6H3,(H,53,55)(H,54,56)(H,57,63)(H,58,64)/t41-,42-,43+,44+/m0/s1. The third-order valence-corrected chi connectivity index (χ3v) is 12.6. The first-order valence-electron chi connectivity index (χ1n) is 22.8. The van der Waals surface area contributed by atoms with Gasteiger partial charge in [0.2, 0.25) is 0 Å². The Hall–Kier alpha value is -6.87. The summed E-state index contributed by atoms with van der Waals surface area (Å²) in [5.41, 5.74) is 3.57. The molecule has 0 saturated carbocycles. The highest BCUT2D eigenvalue weighted by Gasteiger charge is 2.39. The van der Waals surface area contributed by atoms with Crippen LogP contribution in [-0.4, -0.2) is 78.0 Å². The second-order valence-corrected chi connectivity index (χ2v) is 20.0. The zero-order chi connectivity index (χ0) is 47.3. The molecule has 2 fully saturated rings. The van der Waals surface area contributed by atoms with Gasteiger partial charge in [-0.2, -0.15) is 0 Å². The van der Waals surface area contributed by atoms with E-state index in [0.717, 1.165) is 58.0 Å². The van der Waals surface area contributed by atoms with Crippen LogP contribution in [0, 0.1) is 0 Å². The molecule has 67 heavy (non-hydrogen) atoms. The van der Waals surface area contributed by atoms with E-state index in [1.54, 1.807) is 75.5 Å². The predicted molar refractivity (Wildman–Crippen MR) is 257 cm³/mol. The molecule has 2 aliphatic rings. The van der Waals surface area contributed by atoms with Crippen molar-refractivity contribution >= 4 is 35.8 Å². The van der Waals surface area contributed by atoms with Crippen LogP contribution in [0.4, 0.5) is 9.59 Å². The zero-order valence-electron chi connectivity index (χ0n) is 38.7. The van der Waals surface area contributed by atoms with Crippen LogP contribution in [0.3, 0.4) is 0 Å². The Kier molecular flexibility index (Phi) is 13.9. The number of ether oxygens (including phenoxy) is 2. The highest BCUT2D eigenvalue weighted by Crippen LogP contribution is 2.37. The van der Waals surface area contributed by atoms with Crippen molar-refractivity contribution in [1.82, 2.24) is 40.4 Å². The first-order valence-corrected chi connectivity index (χ1v) is 23.6. The topological polar surface area (TPSA) is 175 Å². The molecule has 4 heterocycles. The zero-order valence-corrected chi connectivity index (χ0v) is 39.6. The SMILES string of the molecule is CC(C)(C)OC(=O)N[C@@H](C(=O)N1CCC[C@H]1c1ncc(-c2ccc(Sc3ccc(-c4cnc([C@@H]5CCCN5C(=O)[C@H](NC(=O)OC(C)(C)C)c5ccccc5)[nH]4)cc3)cc2)[nH]1)c1ccccc1. The Morgan fingerprint density at radius 2 is 0.955 bits per heavy atom. The van der Waals surface area contributed by atoms with Crippen molar-refractivity contribution in [3.05, 3.63) is 144 Å². The quantitative estimate of drug-likeness (QED) is 0.0931. The molecule has 0 spiro atoms. The second-order valence-electron chi connectivity index (χ2n) is 18.9. The summed E-state index contributed by atoms with van der Waals surface area (Å²) in [6.07, 6.45) is 5.42. The van der Waals surface area contributed by atoms with Gasteiger partial charge in [0.25, 0.3) is 11.8 Å². The van der Waals surface area contributed by atoms with Crippen molar-refractivity contribution < 1.29 is 28.7 Å². The van der Waals surface area contributed by atoms with Gasteiger partial charge in [-0.1, -0.05) is 96.7 Å². The van der Waals surface area contributed by atoms with Gasteiger partial charge < -0.3 is 39.9 Å². The fourth-order valence-electron chi connectivity index (χ4n) is 8.52. The summed E-state index contributed by atoms with van der Waals surface area (Å²) >= 11 is 1.65. The number of rotatable bonds is 12. The van der Waals surface area contributed by atoms with Crippen LogP contribution in [0.15, 0.2) is 131 Å². The van der Waals surface area contributed by atoms with Crippen LogP contribution < -0.4 is 10.6 Å². The fourth-order valence-corrected chi connectivity index (χ4v) is 9.34. The van der Waals surface area contributed by atoms with Crippen LogP contribution in [0.1, 0.15) is 114 Å². The molecule has 348 valence electrons. The van der Waals surface area contributed by atoms with Gasteiger partial charge in [0.1, 0.15) is 34.9 Å². The number of aromatic amines is 2. The smallest absolute Gasteiger partial charge is 0.408 e. The third kappa shape index (κ3) is 11.6. The molecule has 0 bridgehead atoms. The van der Waals surface area contributed by atoms with Crippen molar-refractivity contribution in [3.8, 4) is 22.5 Å². The van der Waals surface area contributed by atoms with Crippen molar-refractivity contribution in [2.45, 2.75) is 112 Å². The van der Waals surface area contributed by atoms with Gasteiger partial charge in [0.05, 0.1) is 35.9 Å². The number of carbonyl (C=O) groups excluding carboxylic acids is 4. The maximum atomic E-state index is 14.2. The van der Waals surface area contributed by atoms with Crippen LogP contribution in [0.25, 0.3) is 22.5 Å². The number of hydrogen-bond acceptors (Lipinski definition) is 9. The minimum Gasteiger partial charge on any atom is -0.444 e. The Bertz CT molecular complexity index is 2470. The fraction of sp³-hybridized carbons (Fsp3) is 0.346. The van der Waals surface area contributed by atoms with Crippen LogP contribution >= 0.6 is 11.8 Å². The lowest BCUT2D eigenvalue weighted by atomic mass is 10.0. The molecule has 2 aromatic heterocycles. The Labute approximate surface area is 395 Å². The molecule has 4 atom stereocenters. The number of alkyl carbamates (subject to hydrolysis) is 2. The molecular weight excluding hydrogens is 865 g/mol. The molecule has 0 unspecified atom stereocenters. The molecule has 15 heteroatoms. The van der Waals surface area contributed by atoms with Crippen LogP contribution in [0.2, 0.25) is 0 Å². The normalized spacial score (nSPS) is 17.2. The van der Waals surface area contributed by atoms with E-state index in [1.807, 2.05) is 60.7 Å². The molecule has 0 radical (unpaired) electrons. The maximum Gasteiger partial charge on any atom is 0.408 e. The van der Waals surface area contributed by atoms with E-state index in [4.69, 9.17) is 19.4 Å². The number of H-pyrrole nitrogens is 2. The number of imidazole rings is 2. The molecule has 2 aliphatic heterocycles. The van der Waals surface area contributed by atoms with E-state index in [0.29, 0.717) is 35.9 Å². The summed E-state index contributed by atoms with van der Waals surface area (Å²) in [5, 5.41) is 5.64. The van der Waals surface area contributed by atoms with Crippen molar-refractivity contribution in [2.24, 2.45) is 0 Å². The van der Waals surface area contributed by atoms with Gasteiger partial charge in [-0.05, 0) is 114 Å². The number of likely N-dealkylation sites (tertiary alicyclic amines) is 2. The number of benzene rings is 4. The molecule has 4 aromatic carbocycles. The van der Waals surface area contributed by atoms with E-state index in [9.17, 15) is 19.2 Å². The van der Waals surface area contributed by atoms with Gasteiger partial charge in [-0.25, -0.2) is 19.6 Å². The minimum absolute atomic E-state index is 0.213. The Morgan fingerprint density at radius 1 is 0.582 bits per heavy atom. The summed E-state index contributed by atoms with van der Waals surface area (Å²) in [4.78, 5) is 76.2. The van der Waals surface area contributed by atoms with E-state index in [2.05, 4.69) is 69.1 Å². The molecule has 2 saturated heterocycles. The van der Waals surface area contributed by atoms with Gasteiger partial charge in [-0.3, -0.25) is 9.59 Å². The van der Waals surface area contributed by atoms with E-state index in [1.165, 1.54) is 0 Å². The minimum atomic E-state index is -0.908. The Morgan fingerprint density at radius 3 is 1.31 bits per heavy atom. The third-order valence-electron chi connectivity index (χ3n) is 11.5. The van der Waals surface area contributed by atoms with Gasteiger partial charge in [-0.15, -0.1) is 0 Å². The summed E-state index contributed by atoms with van der Waals surface area (Å²) in [7, 11) is 0. The summed E-state index contributed by atoms with van der Waals surface area (Å²) < 4.78 is 11.0. The Balaban J connectivity index is 0.894. The number of hydrogen-bond donors (Lipinski definition) is 4. The molecule has 4 amide bonds. The number of nitrogens with one attached hydrogen (secondary N) is 4. The molecule has 4 N–H and O–H groups in total. The van der Waals surface area contributed by atoms with Crippen molar-refractivity contribution in [3.63, 3.8) is 0 Å². The number of nitrogens with zero attached hydrogens (tertiary/aromatic N) is 4. The first-order chi connectivity index (χ1) is 32.1. The summed E-state index contributed by atoms with van der Waals surface area (Å²) in [6, 6.07) is 32.6. The highest BCUT2D eigenvalue weighted by molar-refractivity contribution is 7.99. The molecule has 6 aromatic rings. The lowest BCUT2D eigenvalue weighted by Crippen LogP contribution is -2.44. The van der Waals surface area contributed by atoms with Gasteiger partial charge in [0.15, 0.2) is 0 Å². The van der Waals surface area contributed by atoms with Crippen LogP contribution in [-0.2, 0) is 19.1 Å². The maximum absolute atomic E-state index is 14.2. The van der Waals surface area contributed by atoms with Crippen molar-refractivity contribution in [2.75, 3.05) is 13.1 Å². The monoisotopic (exact) mass is 922 g/mol. The first kappa shape index (κ1) is 46.7. The number of carbonyl (C=O) groups is 4. The van der Waals surface area contributed by atoms with Gasteiger partial charge >= 0.3 is 12.2 Å². The second kappa shape index (κ2) is 19.9. The molecule has 14 nitrogen and oxygen atoms in total. The molecular formula is C52H58N8O6S. The van der Waals surface area contributed by atoms with E-state index >= 15 is 0 Å². The van der Waals surface area contributed by atoms with Crippen molar-refractivity contribution in [1.29, 1.82) is 0 Å².